The van der Waals surface area contributed by atoms with Crippen molar-refractivity contribution >= 4 is 30.7 Å². The Morgan fingerprint density at radius 2 is 1.84 bits per heavy atom. The number of fused-ring (bicyclic) bond motifs is 2. The van der Waals surface area contributed by atoms with Crippen molar-refractivity contribution in [1.29, 1.82) is 0 Å². The van der Waals surface area contributed by atoms with Crippen molar-refractivity contribution in [2.45, 2.75) is 57.2 Å². The van der Waals surface area contributed by atoms with E-state index >= 15 is 0 Å². The quantitative estimate of drug-likeness (QED) is 0.831. The van der Waals surface area contributed by atoms with Crippen LogP contribution in [0.2, 0.25) is 0 Å². The second kappa shape index (κ2) is 8.30. The van der Waals surface area contributed by atoms with Gasteiger partial charge in [-0.05, 0) is 32.7 Å². The molecular weight excluding hydrogens is 285 g/mol. The molecule has 6 heteroatoms. The molecular formula is C13H27Cl2N3O. The fourth-order valence-corrected chi connectivity index (χ4v) is 3.18. The Hall–Kier alpha value is -0.0300. The number of hydrogen-bond acceptors (Lipinski definition) is 3. The van der Waals surface area contributed by atoms with Gasteiger partial charge in [-0.1, -0.05) is 13.3 Å². The van der Waals surface area contributed by atoms with E-state index in [-0.39, 0.29) is 36.6 Å². The van der Waals surface area contributed by atoms with E-state index in [1.165, 1.54) is 19.3 Å². The molecule has 2 aliphatic rings. The van der Waals surface area contributed by atoms with Crippen LogP contribution in [-0.4, -0.2) is 42.5 Å². The van der Waals surface area contributed by atoms with Gasteiger partial charge in [-0.15, -0.1) is 24.8 Å². The van der Waals surface area contributed by atoms with Crippen molar-refractivity contribution < 1.29 is 4.79 Å². The zero-order chi connectivity index (χ0) is 12.4. The summed E-state index contributed by atoms with van der Waals surface area (Å²) in [4.78, 5) is 14.4. The molecule has 0 spiro atoms. The number of halogens is 2. The van der Waals surface area contributed by atoms with Crippen molar-refractivity contribution in [3.05, 3.63) is 0 Å². The first kappa shape index (κ1) is 19.0. The molecule has 3 unspecified atom stereocenters. The summed E-state index contributed by atoms with van der Waals surface area (Å²) >= 11 is 0. The van der Waals surface area contributed by atoms with Crippen LogP contribution in [0.3, 0.4) is 0 Å². The zero-order valence-corrected chi connectivity index (χ0v) is 13.4. The third-order valence-electron chi connectivity index (χ3n) is 4.49. The molecule has 0 aliphatic carbocycles. The second-order valence-electron chi connectivity index (χ2n) is 5.72. The summed E-state index contributed by atoms with van der Waals surface area (Å²) in [6.45, 7) is 2.33. The van der Waals surface area contributed by atoms with E-state index in [9.17, 15) is 4.79 Å². The van der Waals surface area contributed by atoms with Gasteiger partial charge in [-0.25, -0.2) is 0 Å². The van der Waals surface area contributed by atoms with Gasteiger partial charge in [0.1, 0.15) is 0 Å². The van der Waals surface area contributed by atoms with Crippen molar-refractivity contribution in [2.75, 3.05) is 13.6 Å². The second-order valence-corrected chi connectivity index (χ2v) is 5.72. The molecule has 0 aromatic carbocycles. The van der Waals surface area contributed by atoms with Crippen LogP contribution in [0.4, 0.5) is 0 Å². The first-order valence-electron chi connectivity index (χ1n) is 6.84. The molecule has 3 atom stereocenters. The van der Waals surface area contributed by atoms with Crippen LogP contribution in [0.25, 0.3) is 0 Å². The van der Waals surface area contributed by atoms with Crippen LogP contribution >= 0.6 is 24.8 Å². The van der Waals surface area contributed by atoms with Gasteiger partial charge >= 0.3 is 0 Å². The number of nitrogens with two attached hydrogens (primary N) is 1. The molecule has 2 heterocycles. The van der Waals surface area contributed by atoms with Crippen LogP contribution in [0, 0.1) is 5.92 Å². The van der Waals surface area contributed by atoms with Crippen LogP contribution in [0.5, 0.6) is 0 Å². The first-order chi connectivity index (χ1) is 8.11. The summed E-state index contributed by atoms with van der Waals surface area (Å²) in [5, 5.41) is 3.17. The highest BCUT2D eigenvalue weighted by molar-refractivity contribution is 5.85. The van der Waals surface area contributed by atoms with Crippen molar-refractivity contribution in [1.82, 2.24) is 10.2 Å². The largest absolute Gasteiger partial charge is 0.353 e. The lowest BCUT2D eigenvalue weighted by atomic mass is 9.82. The normalized spacial score (nSPS) is 31.6. The van der Waals surface area contributed by atoms with E-state index < -0.39 is 0 Å². The lowest BCUT2D eigenvalue weighted by Gasteiger charge is -2.47. The van der Waals surface area contributed by atoms with Gasteiger partial charge < -0.3 is 16.0 Å². The number of carbonyl (C=O) groups is 1. The molecule has 0 aromatic rings. The predicted molar refractivity (Wildman–Crippen MR) is 83.1 cm³/mol. The molecule has 2 aliphatic heterocycles. The molecule has 1 amide bonds. The molecule has 114 valence electrons. The molecule has 0 aromatic heterocycles. The highest BCUT2D eigenvalue weighted by Crippen LogP contribution is 2.32. The van der Waals surface area contributed by atoms with E-state index in [1.54, 1.807) is 0 Å². The lowest BCUT2D eigenvalue weighted by Crippen LogP contribution is -2.56. The topological polar surface area (TPSA) is 58.4 Å². The minimum atomic E-state index is -0.0607. The van der Waals surface area contributed by atoms with E-state index in [2.05, 4.69) is 17.3 Å². The molecule has 3 N–H and O–H groups in total. The summed E-state index contributed by atoms with van der Waals surface area (Å²) < 4.78 is 0. The molecule has 0 radical (unpaired) electrons. The van der Waals surface area contributed by atoms with Gasteiger partial charge in [-0.3, -0.25) is 4.79 Å². The summed E-state index contributed by atoms with van der Waals surface area (Å²) in [7, 11) is 2.23. The Labute approximate surface area is 128 Å². The molecule has 4 nitrogen and oxygen atoms in total. The van der Waals surface area contributed by atoms with Crippen LogP contribution < -0.4 is 11.1 Å². The Morgan fingerprint density at radius 1 is 1.32 bits per heavy atom. The van der Waals surface area contributed by atoms with Crippen molar-refractivity contribution in [3.63, 3.8) is 0 Å². The monoisotopic (exact) mass is 311 g/mol. The maximum absolute atomic E-state index is 11.8. The first-order valence-corrected chi connectivity index (χ1v) is 6.84. The molecule has 0 saturated carbocycles. The number of carbonyl (C=O) groups excluding carboxylic acids is 1. The molecule has 2 rings (SSSR count). The predicted octanol–water partition coefficient (Wildman–Crippen LogP) is 1.56. The highest BCUT2D eigenvalue weighted by Gasteiger charge is 2.36. The highest BCUT2D eigenvalue weighted by atomic mass is 35.5. The third-order valence-corrected chi connectivity index (χ3v) is 4.49. The van der Waals surface area contributed by atoms with Gasteiger partial charge in [0.05, 0.1) is 0 Å². The summed E-state index contributed by atoms with van der Waals surface area (Å²) in [6.07, 6.45) is 6.13. The maximum Gasteiger partial charge on any atom is 0.224 e. The third kappa shape index (κ3) is 4.48. The molecule has 2 fully saturated rings. The zero-order valence-electron chi connectivity index (χ0n) is 11.8. The average molecular weight is 312 g/mol. The lowest BCUT2D eigenvalue weighted by molar-refractivity contribution is -0.125. The number of nitrogens with zero attached hydrogens (tertiary/aromatic N) is 1. The Bertz CT molecular complexity index is 277. The number of nitrogens with one attached hydrogen (secondary N) is 1. The number of rotatable bonds is 3. The van der Waals surface area contributed by atoms with Gasteiger partial charge in [0.2, 0.25) is 5.91 Å². The van der Waals surface area contributed by atoms with Gasteiger partial charge in [0.25, 0.3) is 0 Å². The average Bonchev–Trinajstić information content (AvgIpc) is 2.29. The van der Waals surface area contributed by atoms with E-state index in [1.807, 2.05) is 6.92 Å². The van der Waals surface area contributed by atoms with E-state index in [4.69, 9.17) is 5.73 Å². The Balaban J connectivity index is 0.00000162. The fraction of sp³-hybridized carbons (Fsp3) is 0.923. The van der Waals surface area contributed by atoms with Crippen LogP contribution in [-0.2, 0) is 4.79 Å². The minimum Gasteiger partial charge on any atom is -0.353 e. The smallest absolute Gasteiger partial charge is 0.224 e. The maximum atomic E-state index is 11.8. The standard InChI is InChI=1S/C13H25N3O.2ClH/c1-9(8-14)13(17)15-10-6-11-4-3-5-12(7-10)16(11)2;;/h9-12H,3-8,14H2,1-2H3,(H,15,17);2*1H. The molecule has 2 bridgehead atoms. The van der Waals surface area contributed by atoms with E-state index in [0.717, 1.165) is 12.8 Å². The fourth-order valence-electron chi connectivity index (χ4n) is 3.18. The minimum absolute atomic E-state index is 0. The summed E-state index contributed by atoms with van der Waals surface area (Å²) in [6, 6.07) is 1.70. The SMILES string of the molecule is CC(CN)C(=O)NC1CC2CCCC(C1)N2C.Cl.Cl. The Kier molecular flexibility index (Phi) is 8.29. The summed E-state index contributed by atoms with van der Waals surface area (Å²) in [5.74, 6) is 0.0645. The number of hydrogen-bond donors (Lipinski definition) is 2. The van der Waals surface area contributed by atoms with Gasteiger partial charge in [0, 0.05) is 30.6 Å². The molecule has 2 saturated heterocycles. The van der Waals surface area contributed by atoms with Crippen molar-refractivity contribution in [3.8, 4) is 0 Å². The number of piperidine rings is 2. The number of amides is 1. The van der Waals surface area contributed by atoms with Crippen LogP contribution in [0.1, 0.15) is 39.0 Å². The van der Waals surface area contributed by atoms with Gasteiger partial charge in [-0.2, -0.15) is 0 Å². The Morgan fingerprint density at radius 3 is 2.32 bits per heavy atom. The summed E-state index contributed by atoms with van der Waals surface area (Å²) in [5.41, 5.74) is 5.52. The van der Waals surface area contributed by atoms with Crippen LogP contribution in [0.15, 0.2) is 0 Å². The van der Waals surface area contributed by atoms with Gasteiger partial charge in [0.15, 0.2) is 0 Å². The molecule has 19 heavy (non-hydrogen) atoms. The van der Waals surface area contributed by atoms with E-state index in [0.29, 0.717) is 24.7 Å². The van der Waals surface area contributed by atoms with Crippen molar-refractivity contribution in [2.24, 2.45) is 11.7 Å².